The van der Waals surface area contributed by atoms with Crippen molar-refractivity contribution in [3.8, 4) is 0 Å². The molecule has 4 aliphatic rings. The third kappa shape index (κ3) is 2.93. The van der Waals surface area contributed by atoms with Crippen molar-refractivity contribution in [2.24, 2.45) is 34.5 Å². The standard InChI is InChI=1S/C24H37NO3/c1-6-22(2,3)25-21(27)18-9-8-16-15-7-10-19-24(5,14-12-20(26)28-19)17(15)11-13-23(16,18)4/h12,14-19H,6-11,13H2,1-5H3,(H,25,27)/t15-,16-,17+,18?,19?,23-,24+/m0/s1. The van der Waals surface area contributed by atoms with Gasteiger partial charge in [-0.15, -0.1) is 0 Å². The zero-order valence-electron chi connectivity index (χ0n) is 18.2. The van der Waals surface area contributed by atoms with Crippen molar-refractivity contribution < 1.29 is 14.3 Å². The molecule has 0 aromatic heterocycles. The molecular formula is C24H37NO3. The van der Waals surface area contributed by atoms with Gasteiger partial charge in [-0.2, -0.15) is 0 Å². The van der Waals surface area contributed by atoms with Crippen LogP contribution in [0.3, 0.4) is 0 Å². The average molecular weight is 388 g/mol. The predicted octanol–water partition coefficient (Wildman–Crippen LogP) is 4.63. The van der Waals surface area contributed by atoms with Crippen LogP contribution in [0.5, 0.6) is 0 Å². The Morgan fingerprint density at radius 1 is 1.18 bits per heavy atom. The van der Waals surface area contributed by atoms with Crippen LogP contribution < -0.4 is 5.32 Å². The molecule has 4 heteroatoms. The van der Waals surface area contributed by atoms with Crippen molar-refractivity contribution in [3.63, 3.8) is 0 Å². The van der Waals surface area contributed by atoms with Gasteiger partial charge in [0, 0.05) is 22.9 Å². The fourth-order valence-electron chi connectivity index (χ4n) is 7.14. The average Bonchev–Trinajstić information content (AvgIpc) is 2.99. The van der Waals surface area contributed by atoms with Crippen molar-refractivity contribution >= 4 is 11.9 Å². The second kappa shape index (κ2) is 6.60. The lowest BCUT2D eigenvalue weighted by molar-refractivity contribution is -0.168. The third-order valence-corrected chi connectivity index (χ3v) is 9.19. The minimum absolute atomic E-state index is 0.0291. The van der Waals surface area contributed by atoms with Crippen LogP contribution in [0.1, 0.15) is 79.6 Å². The maximum atomic E-state index is 13.2. The zero-order valence-corrected chi connectivity index (χ0v) is 18.2. The molecule has 0 bridgehead atoms. The van der Waals surface area contributed by atoms with Crippen LogP contribution in [0, 0.1) is 34.5 Å². The first-order valence-corrected chi connectivity index (χ1v) is 11.3. The second-order valence-corrected chi connectivity index (χ2v) is 11.0. The van der Waals surface area contributed by atoms with E-state index in [-0.39, 0.29) is 40.3 Å². The van der Waals surface area contributed by atoms with E-state index in [1.54, 1.807) is 6.08 Å². The van der Waals surface area contributed by atoms with Gasteiger partial charge in [0.25, 0.3) is 0 Å². The Balaban J connectivity index is 1.56. The first kappa shape index (κ1) is 20.0. The Kier molecular flexibility index (Phi) is 4.71. The predicted molar refractivity (Wildman–Crippen MR) is 109 cm³/mol. The van der Waals surface area contributed by atoms with E-state index in [0.717, 1.165) is 44.9 Å². The third-order valence-electron chi connectivity index (χ3n) is 9.19. The fourth-order valence-corrected chi connectivity index (χ4v) is 7.14. The van der Waals surface area contributed by atoms with Gasteiger partial charge in [-0.1, -0.05) is 26.8 Å². The van der Waals surface area contributed by atoms with Crippen LogP contribution in [-0.2, 0) is 14.3 Å². The largest absolute Gasteiger partial charge is 0.458 e. The molecule has 2 unspecified atom stereocenters. The molecule has 3 fully saturated rings. The molecule has 1 aliphatic heterocycles. The summed E-state index contributed by atoms with van der Waals surface area (Å²) in [6.45, 7) is 11.1. The number of carbonyl (C=O) groups is 2. The minimum Gasteiger partial charge on any atom is -0.458 e. The van der Waals surface area contributed by atoms with Crippen LogP contribution in [0.2, 0.25) is 0 Å². The lowest BCUT2D eigenvalue weighted by atomic mass is 9.48. The number of hydrogen-bond acceptors (Lipinski definition) is 3. The Morgan fingerprint density at radius 3 is 2.64 bits per heavy atom. The molecule has 0 spiro atoms. The summed E-state index contributed by atoms with van der Waals surface area (Å²) < 4.78 is 5.72. The van der Waals surface area contributed by atoms with Crippen molar-refractivity contribution in [3.05, 3.63) is 12.2 Å². The number of amides is 1. The molecule has 28 heavy (non-hydrogen) atoms. The van der Waals surface area contributed by atoms with Crippen LogP contribution >= 0.6 is 0 Å². The summed E-state index contributed by atoms with van der Waals surface area (Å²) in [4.78, 5) is 24.9. The number of ether oxygens (including phenoxy) is 1. The van der Waals surface area contributed by atoms with Gasteiger partial charge >= 0.3 is 5.97 Å². The molecule has 4 rings (SSSR count). The zero-order chi connectivity index (χ0) is 20.3. The Labute approximate surface area is 169 Å². The van der Waals surface area contributed by atoms with Gasteiger partial charge in [0.05, 0.1) is 0 Å². The smallest absolute Gasteiger partial charge is 0.330 e. The molecular weight excluding hydrogens is 350 g/mol. The molecule has 0 saturated heterocycles. The first-order valence-electron chi connectivity index (χ1n) is 11.3. The molecule has 0 aromatic rings. The van der Waals surface area contributed by atoms with Gasteiger partial charge < -0.3 is 10.1 Å². The summed E-state index contributed by atoms with van der Waals surface area (Å²) in [6, 6.07) is 0. The van der Waals surface area contributed by atoms with E-state index < -0.39 is 0 Å². The van der Waals surface area contributed by atoms with E-state index in [1.165, 1.54) is 0 Å². The minimum atomic E-state index is -0.183. The van der Waals surface area contributed by atoms with Crippen LogP contribution in [0.25, 0.3) is 0 Å². The summed E-state index contributed by atoms with van der Waals surface area (Å²) in [5, 5.41) is 3.33. The number of rotatable bonds is 3. The summed E-state index contributed by atoms with van der Waals surface area (Å²) in [5.41, 5.74) is -0.0684. The number of fused-ring (bicyclic) bond motifs is 5. The highest BCUT2D eigenvalue weighted by atomic mass is 16.5. The fraction of sp³-hybridized carbons (Fsp3) is 0.833. The van der Waals surface area contributed by atoms with E-state index in [4.69, 9.17) is 4.74 Å². The van der Waals surface area contributed by atoms with Crippen molar-refractivity contribution in [2.75, 3.05) is 0 Å². The normalized spacial score (nSPS) is 44.9. The Hall–Kier alpha value is -1.32. The van der Waals surface area contributed by atoms with E-state index in [1.807, 2.05) is 0 Å². The van der Waals surface area contributed by atoms with Gasteiger partial charge in [0.2, 0.25) is 5.91 Å². The highest BCUT2D eigenvalue weighted by Crippen LogP contribution is 2.65. The summed E-state index contributed by atoms with van der Waals surface area (Å²) in [7, 11) is 0. The summed E-state index contributed by atoms with van der Waals surface area (Å²) >= 11 is 0. The highest BCUT2D eigenvalue weighted by molar-refractivity contribution is 5.83. The number of hydrogen-bond donors (Lipinski definition) is 1. The number of nitrogens with one attached hydrogen (secondary N) is 1. The number of esters is 1. The highest BCUT2D eigenvalue weighted by Gasteiger charge is 2.61. The molecule has 4 nitrogen and oxygen atoms in total. The quantitative estimate of drug-likeness (QED) is 0.718. The molecule has 3 aliphatic carbocycles. The maximum absolute atomic E-state index is 13.2. The first-order chi connectivity index (χ1) is 13.1. The topological polar surface area (TPSA) is 55.4 Å². The monoisotopic (exact) mass is 387 g/mol. The Bertz CT molecular complexity index is 698. The van der Waals surface area contributed by atoms with Crippen molar-refractivity contribution in [1.29, 1.82) is 0 Å². The molecule has 1 heterocycles. The molecule has 1 N–H and O–H groups in total. The van der Waals surface area contributed by atoms with Crippen molar-refractivity contribution in [1.82, 2.24) is 5.32 Å². The van der Waals surface area contributed by atoms with Gasteiger partial charge in [0.1, 0.15) is 6.10 Å². The maximum Gasteiger partial charge on any atom is 0.330 e. The summed E-state index contributed by atoms with van der Waals surface area (Å²) in [5.74, 6) is 2.02. The van der Waals surface area contributed by atoms with Crippen LogP contribution in [0.15, 0.2) is 12.2 Å². The molecule has 3 saturated carbocycles. The number of carbonyl (C=O) groups excluding carboxylic acids is 2. The van der Waals surface area contributed by atoms with Crippen molar-refractivity contribution in [2.45, 2.75) is 91.2 Å². The SMILES string of the molecule is CCC(C)(C)NC(=O)C1CC[C@H]2[C@@H]3CCC4OC(=O)C=C[C@]4(C)[C@@H]3CC[C@]12C. The van der Waals surface area contributed by atoms with Gasteiger partial charge in [-0.05, 0) is 82.0 Å². The second-order valence-electron chi connectivity index (χ2n) is 11.0. The van der Waals surface area contributed by atoms with E-state index in [9.17, 15) is 9.59 Å². The van der Waals surface area contributed by atoms with E-state index >= 15 is 0 Å². The van der Waals surface area contributed by atoms with Crippen LogP contribution in [-0.4, -0.2) is 23.5 Å². The van der Waals surface area contributed by atoms with Crippen LogP contribution in [0.4, 0.5) is 0 Å². The Morgan fingerprint density at radius 2 is 1.93 bits per heavy atom. The van der Waals surface area contributed by atoms with Gasteiger partial charge in [-0.3, -0.25) is 4.79 Å². The molecule has 7 atom stereocenters. The molecule has 156 valence electrons. The lowest BCUT2D eigenvalue weighted by Crippen LogP contribution is -2.56. The molecule has 1 amide bonds. The van der Waals surface area contributed by atoms with E-state index in [2.05, 4.69) is 46.0 Å². The van der Waals surface area contributed by atoms with Gasteiger partial charge in [0.15, 0.2) is 0 Å². The summed E-state index contributed by atoms with van der Waals surface area (Å²) in [6.07, 6.45) is 11.3. The van der Waals surface area contributed by atoms with E-state index in [0.29, 0.717) is 17.8 Å². The lowest BCUT2D eigenvalue weighted by Gasteiger charge is -2.58. The molecule has 0 radical (unpaired) electrons. The molecule has 0 aromatic carbocycles. The van der Waals surface area contributed by atoms with Gasteiger partial charge in [-0.25, -0.2) is 4.79 Å².